The fourth-order valence-corrected chi connectivity index (χ4v) is 4.73. The maximum absolute atomic E-state index is 13.4. The fraction of sp³-hybridized carbons (Fsp3) is 0.174. The van der Waals surface area contributed by atoms with E-state index in [1.54, 1.807) is 23.6 Å². The molecule has 7 heteroatoms. The number of nitrogens with zero attached hydrogens (tertiary/aromatic N) is 2. The van der Waals surface area contributed by atoms with E-state index in [1.807, 2.05) is 49.4 Å². The lowest BCUT2D eigenvalue weighted by Gasteiger charge is -2.24. The summed E-state index contributed by atoms with van der Waals surface area (Å²) in [6.45, 7) is 3.74. The van der Waals surface area contributed by atoms with Crippen molar-refractivity contribution in [3.63, 3.8) is 0 Å². The minimum atomic E-state index is -0.596. The van der Waals surface area contributed by atoms with Gasteiger partial charge in [0.1, 0.15) is 0 Å². The summed E-state index contributed by atoms with van der Waals surface area (Å²) in [6, 6.07) is 14.4. The quantitative estimate of drug-likeness (QED) is 0.589. The number of ether oxygens (including phenoxy) is 1. The molecule has 1 aliphatic heterocycles. The van der Waals surface area contributed by atoms with E-state index < -0.39 is 12.0 Å². The number of hydrogen-bond donors (Lipinski definition) is 0. The first-order valence-electron chi connectivity index (χ1n) is 9.32. The highest BCUT2D eigenvalue weighted by Gasteiger charge is 2.33. The van der Waals surface area contributed by atoms with Gasteiger partial charge in [-0.15, -0.1) is 0 Å². The second-order valence-electron chi connectivity index (χ2n) is 7.04. The van der Waals surface area contributed by atoms with E-state index in [1.165, 1.54) is 18.4 Å². The van der Waals surface area contributed by atoms with Gasteiger partial charge in [0.2, 0.25) is 0 Å². The maximum Gasteiger partial charge on any atom is 0.338 e. The Morgan fingerprint density at radius 1 is 1.20 bits per heavy atom. The van der Waals surface area contributed by atoms with Crippen molar-refractivity contribution in [2.75, 3.05) is 7.11 Å². The lowest BCUT2D eigenvalue weighted by molar-refractivity contribution is -0.136. The molecule has 0 fully saturated rings. The van der Waals surface area contributed by atoms with Crippen molar-refractivity contribution in [3.8, 4) is 0 Å². The summed E-state index contributed by atoms with van der Waals surface area (Å²) in [5.41, 5.74) is 3.45. The average molecular weight is 439 g/mol. The number of benzene rings is 2. The zero-order valence-electron chi connectivity index (χ0n) is 16.7. The first-order chi connectivity index (χ1) is 14.4. The number of esters is 1. The van der Waals surface area contributed by atoms with E-state index in [0.29, 0.717) is 25.6 Å². The van der Waals surface area contributed by atoms with Gasteiger partial charge in [-0.2, -0.15) is 0 Å². The van der Waals surface area contributed by atoms with Crippen LogP contribution in [0.2, 0.25) is 5.02 Å². The summed E-state index contributed by atoms with van der Waals surface area (Å²) in [5.74, 6) is -0.491. The molecular weight excluding hydrogens is 420 g/mol. The normalized spacial score (nSPS) is 16.3. The lowest BCUT2D eigenvalue weighted by Crippen LogP contribution is -2.39. The lowest BCUT2D eigenvalue weighted by atomic mass is 9.95. The predicted molar refractivity (Wildman–Crippen MR) is 118 cm³/mol. The molecule has 30 heavy (non-hydrogen) atoms. The average Bonchev–Trinajstić information content (AvgIpc) is 3.03. The van der Waals surface area contributed by atoms with Gasteiger partial charge < -0.3 is 4.74 Å². The zero-order chi connectivity index (χ0) is 21.4. The molecule has 0 bridgehead atoms. The molecule has 152 valence electrons. The summed E-state index contributed by atoms with van der Waals surface area (Å²) in [7, 11) is 1.33. The minimum absolute atomic E-state index is 0.200. The van der Waals surface area contributed by atoms with Crippen LogP contribution < -0.4 is 14.9 Å². The number of hydrogen-bond acceptors (Lipinski definition) is 5. The summed E-state index contributed by atoms with van der Waals surface area (Å²) in [5, 5.41) is 0.631. The molecule has 1 unspecified atom stereocenters. The highest BCUT2D eigenvalue weighted by atomic mass is 35.5. The third-order valence-corrected chi connectivity index (χ3v) is 6.19. The Morgan fingerprint density at radius 2 is 1.93 bits per heavy atom. The van der Waals surface area contributed by atoms with Crippen LogP contribution in [0, 0.1) is 6.92 Å². The van der Waals surface area contributed by atoms with Crippen LogP contribution in [0.3, 0.4) is 0 Å². The Hall–Kier alpha value is -2.96. The number of methoxy groups -OCH3 is 1. The Morgan fingerprint density at radius 3 is 2.60 bits per heavy atom. The van der Waals surface area contributed by atoms with Crippen LogP contribution in [-0.4, -0.2) is 17.6 Å². The number of thiazole rings is 1. The molecule has 2 heterocycles. The van der Waals surface area contributed by atoms with Crippen LogP contribution in [0.25, 0.3) is 6.08 Å². The Balaban J connectivity index is 1.98. The largest absolute Gasteiger partial charge is 0.466 e. The van der Waals surface area contributed by atoms with Crippen molar-refractivity contribution in [1.82, 2.24) is 4.57 Å². The Kier molecular flexibility index (Phi) is 5.45. The number of aryl methyl sites for hydroxylation is 1. The van der Waals surface area contributed by atoms with Crippen molar-refractivity contribution in [1.29, 1.82) is 0 Å². The molecular formula is C23H19ClN2O3S. The van der Waals surface area contributed by atoms with Gasteiger partial charge in [-0.05, 0) is 43.2 Å². The highest BCUT2D eigenvalue weighted by molar-refractivity contribution is 7.07. The van der Waals surface area contributed by atoms with Gasteiger partial charge in [-0.3, -0.25) is 9.36 Å². The van der Waals surface area contributed by atoms with E-state index in [0.717, 1.165) is 16.7 Å². The Bertz CT molecular complexity index is 1350. The van der Waals surface area contributed by atoms with Crippen molar-refractivity contribution in [2.24, 2.45) is 4.99 Å². The monoisotopic (exact) mass is 438 g/mol. The molecule has 1 aliphatic rings. The van der Waals surface area contributed by atoms with Crippen LogP contribution in [0.1, 0.15) is 29.7 Å². The summed E-state index contributed by atoms with van der Waals surface area (Å²) in [6.07, 6.45) is 1.81. The SMILES string of the molecule is COC(=O)C1=C(C)N=c2s/c(=C/c3ccc(Cl)cc3)c(=O)n2C1c1cccc(C)c1. The second kappa shape index (κ2) is 8.05. The van der Waals surface area contributed by atoms with Gasteiger partial charge >= 0.3 is 5.97 Å². The van der Waals surface area contributed by atoms with Crippen LogP contribution in [-0.2, 0) is 9.53 Å². The van der Waals surface area contributed by atoms with Gasteiger partial charge in [0.05, 0.1) is 29.0 Å². The number of carbonyl (C=O) groups excluding carboxylic acids is 1. The van der Waals surface area contributed by atoms with Gasteiger partial charge in [0, 0.05) is 5.02 Å². The summed E-state index contributed by atoms with van der Waals surface area (Å²) < 4.78 is 7.14. The fourth-order valence-electron chi connectivity index (χ4n) is 3.56. The molecule has 1 aromatic heterocycles. The van der Waals surface area contributed by atoms with Gasteiger partial charge in [-0.1, -0.05) is 64.9 Å². The highest BCUT2D eigenvalue weighted by Crippen LogP contribution is 2.30. The number of aromatic nitrogens is 1. The predicted octanol–water partition coefficient (Wildman–Crippen LogP) is 3.37. The number of allylic oxidation sites excluding steroid dienone is 1. The van der Waals surface area contributed by atoms with Gasteiger partial charge in [-0.25, -0.2) is 9.79 Å². The number of fused-ring (bicyclic) bond motifs is 1. The second-order valence-corrected chi connectivity index (χ2v) is 8.48. The Labute approximate surface area is 182 Å². The molecule has 4 rings (SSSR count). The van der Waals surface area contributed by atoms with Crippen molar-refractivity contribution in [2.45, 2.75) is 19.9 Å². The standard InChI is InChI=1S/C23H19ClN2O3S/c1-13-5-4-6-16(11-13)20-19(22(28)29-3)14(2)25-23-26(20)21(27)18(30-23)12-15-7-9-17(24)10-8-15/h4-12,20H,1-3H3/b18-12+. The minimum Gasteiger partial charge on any atom is -0.466 e. The van der Waals surface area contributed by atoms with E-state index in [-0.39, 0.29) is 5.56 Å². The molecule has 5 nitrogen and oxygen atoms in total. The van der Waals surface area contributed by atoms with Crippen LogP contribution >= 0.6 is 22.9 Å². The molecule has 0 amide bonds. The third-order valence-electron chi connectivity index (χ3n) is 4.95. The van der Waals surface area contributed by atoms with Crippen molar-refractivity contribution >= 4 is 35.0 Å². The molecule has 0 spiro atoms. The van der Waals surface area contributed by atoms with E-state index >= 15 is 0 Å². The number of rotatable bonds is 3. The maximum atomic E-state index is 13.4. The van der Waals surface area contributed by atoms with Gasteiger partial charge in [0.15, 0.2) is 4.80 Å². The number of carbonyl (C=O) groups is 1. The molecule has 0 saturated heterocycles. The molecule has 2 aromatic carbocycles. The van der Waals surface area contributed by atoms with Crippen LogP contribution in [0.5, 0.6) is 0 Å². The van der Waals surface area contributed by atoms with E-state index in [2.05, 4.69) is 4.99 Å². The summed E-state index contributed by atoms with van der Waals surface area (Å²) >= 11 is 7.26. The smallest absolute Gasteiger partial charge is 0.338 e. The van der Waals surface area contributed by atoms with E-state index in [4.69, 9.17) is 16.3 Å². The zero-order valence-corrected chi connectivity index (χ0v) is 18.3. The molecule has 0 radical (unpaired) electrons. The first kappa shape index (κ1) is 20.3. The number of halogens is 1. The molecule has 0 saturated carbocycles. The van der Waals surface area contributed by atoms with Gasteiger partial charge in [0.25, 0.3) is 5.56 Å². The topological polar surface area (TPSA) is 60.7 Å². The van der Waals surface area contributed by atoms with E-state index in [9.17, 15) is 9.59 Å². The molecule has 1 atom stereocenters. The summed E-state index contributed by atoms with van der Waals surface area (Å²) in [4.78, 5) is 31.1. The van der Waals surface area contributed by atoms with Crippen molar-refractivity contribution < 1.29 is 9.53 Å². The third kappa shape index (κ3) is 3.64. The molecule has 0 N–H and O–H groups in total. The molecule has 3 aromatic rings. The van der Waals surface area contributed by atoms with Crippen LogP contribution in [0.4, 0.5) is 0 Å². The molecule has 0 aliphatic carbocycles. The first-order valence-corrected chi connectivity index (χ1v) is 10.5. The van der Waals surface area contributed by atoms with Crippen molar-refractivity contribution in [3.05, 3.63) is 101 Å². The van der Waals surface area contributed by atoms with Crippen LogP contribution in [0.15, 0.2) is 69.6 Å².